The molecule has 1 N–H and O–H groups in total. The highest BCUT2D eigenvalue weighted by Crippen LogP contribution is 2.31. The molecule has 1 saturated carbocycles. The lowest BCUT2D eigenvalue weighted by atomic mass is 9.94. The molecule has 1 aliphatic heterocycles. The Balaban J connectivity index is 1.59. The SMILES string of the molecule is O=C(Nc1ccccc1Cl)c1ccc2c(c1)C(=O)N(C1CCCCC1)C2=O. The third kappa shape index (κ3) is 3.23. The molecule has 1 fully saturated rings. The van der Waals surface area contributed by atoms with Crippen LogP contribution < -0.4 is 5.32 Å². The second-order valence-corrected chi connectivity index (χ2v) is 7.37. The second kappa shape index (κ2) is 7.16. The zero-order valence-electron chi connectivity index (χ0n) is 14.7. The standard InChI is InChI=1S/C21H19ClN2O3/c22-17-8-4-5-9-18(17)23-19(25)13-10-11-15-16(12-13)21(27)24(20(15)26)14-6-2-1-3-7-14/h4-5,8-12,14H,1-3,6-7H2,(H,23,25). The van der Waals surface area contributed by atoms with Crippen molar-refractivity contribution in [2.45, 2.75) is 38.1 Å². The van der Waals surface area contributed by atoms with Crippen LogP contribution in [0.1, 0.15) is 63.2 Å². The number of amides is 3. The molecule has 4 rings (SSSR count). The Hall–Kier alpha value is -2.66. The van der Waals surface area contributed by atoms with Crippen molar-refractivity contribution in [2.24, 2.45) is 0 Å². The van der Waals surface area contributed by atoms with E-state index >= 15 is 0 Å². The highest BCUT2D eigenvalue weighted by molar-refractivity contribution is 6.34. The monoisotopic (exact) mass is 382 g/mol. The minimum absolute atomic E-state index is 0.0356. The van der Waals surface area contributed by atoms with Crippen molar-refractivity contribution < 1.29 is 14.4 Å². The Morgan fingerprint density at radius 1 is 0.963 bits per heavy atom. The summed E-state index contributed by atoms with van der Waals surface area (Å²) in [6.07, 6.45) is 4.91. The fourth-order valence-corrected chi connectivity index (χ4v) is 4.01. The van der Waals surface area contributed by atoms with E-state index < -0.39 is 0 Å². The van der Waals surface area contributed by atoms with E-state index in [4.69, 9.17) is 11.6 Å². The molecule has 27 heavy (non-hydrogen) atoms. The van der Waals surface area contributed by atoms with Gasteiger partial charge in [-0.1, -0.05) is 43.0 Å². The number of nitrogens with zero attached hydrogens (tertiary/aromatic N) is 1. The molecule has 1 heterocycles. The summed E-state index contributed by atoms with van der Waals surface area (Å²) in [6.45, 7) is 0. The molecule has 0 unspecified atom stereocenters. The van der Waals surface area contributed by atoms with Crippen LogP contribution in [0.5, 0.6) is 0 Å². The van der Waals surface area contributed by atoms with Crippen LogP contribution in [0, 0.1) is 0 Å². The van der Waals surface area contributed by atoms with Crippen molar-refractivity contribution in [2.75, 3.05) is 5.32 Å². The maximum Gasteiger partial charge on any atom is 0.261 e. The number of halogens is 1. The third-order valence-corrected chi connectivity index (χ3v) is 5.57. The highest BCUT2D eigenvalue weighted by Gasteiger charge is 2.40. The first-order chi connectivity index (χ1) is 13.1. The van der Waals surface area contributed by atoms with Gasteiger partial charge in [0.25, 0.3) is 17.7 Å². The van der Waals surface area contributed by atoms with Crippen LogP contribution in [0.3, 0.4) is 0 Å². The first-order valence-electron chi connectivity index (χ1n) is 9.14. The number of nitrogens with one attached hydrogen (secondary N) is 1. The molecule has 3 amide bonds. The summed E-state index contributed by atoms with van der Waals surface area (Å²) in [5.74, 6) is -0.920. The molecule has 138 valence electrons. The number of benzene rings is 2. The van der Waals surface area contributed by atoms with E-state index in [9.17, 15) is 14.4 Å². The van der Waals surface area contributed by atoms with E-state index in [0.29, 0.717) is 27.4 Å². The lowest BCUT2D eigenvalue weighted by Gasteiger charge is -2.29. The van der Waals surface area contributed by atoms with Crippen LogP contribution in [-0.4, -0.2) is 28.7 Å². The molecule has 2 aliphatic rings. The van der Waals surface area contributed by atoms with Crippen LogP contribution in [0.2, 0.25) is 5.02 Å². The molecule has 0 aromatic heterocycles. The first-order valence-corrected chi connectivity index (χ1v) is 9.52. The smallest absolute Gasteiger partial charge is 0.261 e. The molecule has 0 bridgehead atoms. The number of fused-ring (bicyclic) bond motifs is 1. The second-order valence-electron chi connectivity index (χ2n) is 6.97. The summed E-state index contributed by atoms with van der Waals surface area (Å²) in [4.78, 5) is 39.5. The van der Waals surface area contributed by atoms with Gasteiger partial charge in [-0.25, -0.2) is 0 Å². The molecule has 0 radical (unpaired) electrons. The molecule has 2 aromatic carbocycles. The van der Waals surface area contributed by atoms with E-state index in [1.807, 2.05) is 0 Å². The van der Waals surface area contributed by atoms with Gasteiger partial charge in [0.1, 0.15) is 0 Å². The van der Waals surface area contributed by atoms with E-state index in [1.165, 1.54) is 11.0 Å². The van der Waals surface area contributed by atoms with Crippen molar-refractivity contribution >= 4 is 35.0 Å². The molecule has 5 nitrogen and oxygen atoms in total. The van der Waals surface area contributed by atoms with E-state index in [0.717, 1.165) is 32.1 Å². The Labute approximate surface area is 162 Å². The first kappa shape index (κ1) is 17.7. The molecule has 2 aromatic rings. The van der Waals surface area contributed by atoms with E-state index in [-0.39, 0.29) is 23.8 Å². The van der Waals surface area contributed by atoms with Crippen LogP contribution in [-0.2, 0) is 0 Å². The number of carbonyl (C=O) groups is 3. The van der Waals surface area contributed by atoms with Gasteiger partial charge in [-0.15, -0.1) is 0 Å². The predicted molar refractivity (Wildman–Crippen MR) is 103 cm³/mol. The van der Waals surface area contributed by atoms with Crippen molar-refractivity contribution in [1.82, 2.24) is 4.90 Å². The average molecular weight is 383 g/mol. The predicted octanol–water partition coefficient (Wildman–Crippen LogP) is 4.52. The third-order valence-electron chi connectivity index (χ3n) is 5.24. The summed E-state index contributed by atoms with van der Waals surface area (Å²) in [6, 6.07) is 11.5. The summed E-state index contributed by atoms with van der Waals surface area (Å²) >= 11 is 6.08. The lowest BCUT2D eigenvalue weighted by Crippen LogP contribution is -2.40. The number of para-hydroxylation sites is 1. The average Bonchev–Trinajstić information content (AvgIpc) is 2.94. The van der Waals surface area contributed by atoms with Crippen LogP contribution in [0.15, 0.2) is 42.5 Å². The van der Waals surface area contributed by atoms with Crippen LogP contribution in [0.4, 0.5) is 5.69 Å². The number of rotatable bonds is 3. The summed E-state index contributed by atoms with van der Waals surface area (Å²) < 4.78 is 0. The van der Waals surface area contributed by atoms with Gasteiger partial charge >= 0.3 is 0 Å². The van der Waals surface area contributed by atoms with Gasteiger partial charge in [-0.05, 0) is 43.2 Å². The maximum absolute atomic E-state index is 12.8. The molecule has 0 saturated heterocycles. The number of hydrogen-bond acceptors (Lipinski definition) is 3. The van der Waals surface area contributed by atoms with E-state index in [2.05, 4.69) is 5.32 Å². The van der Waals surface area contributed by atoms with Gasteiger partial charge in [0, 0.05) is 11.6 Å². The summed E-state index contributed by atoms with van der Waals surface area (Å²) in [7, 11) is 0. The molecular weight excluding hydrogens is 364 g/mol. The fraction of sp³-hybridized carbons (Fsp3) is 0.286. The van der Waals surface area contributed by atoms with Gasteiger partial charge < -0.3 is 5.32 Å². The molecule has 0 atom stereocenters. The maximum atomic E-state index is 12.8. The molecular formula is C21H19ClN2O3. The Morgan fingerprint density at radius 3 is 2.41 bits per heavy atom. The topological polar surface area (TPSA) is 66.5 Å². The van der Waals surface area contributed by atoms with Gasteiger partial charge in [0.15, 0.2) is 0 Å². The Bertz CT molecular complexity index is 935. The number of hydrogen-bond donors (Lipinski definition) is 1. The van der Waals surface area contributed by atoms with Crippen molar-refractivity contribution in [1.29, 1.82) is 0 Å². The van der Waals surface area contributed by atoms with Crippen molar-refractivity contribution in [3.63, 3.8) is 0 Å². The zero-order chi connectivity index (χ0) is 19.0. The van der Waals surface area contributed by atoms with Gasteiger partial charge in [0.05, 0.1) is 21.8 Å². The van der Waals surface area contributed by atoms with Crippen LogP contribution >= 0.6 is 11.6 Å². The number of anilines is 1. The zero-order valence-corrected chi connectivity index (χ0v) is 15.5. The van der Waals surface area contributed by atoms with Gasteiger partial charge in [0.2, 0.25) is 0 Å². The van der Waals surface area contributed by atoms with Crippen LogP contribution in [0.25, 0.3) is 0 Å². The minimum Gasteiger partial charge on any atom is -0.321 e. The number of imide groups is 1. The molecule has 6 heteroatoms. The quantitative estimate of drug-likeness (QED) is 0.793. The largest absolute Gasteiger partial charge is 0.321 e. The summed E-state index contributed by atoms with van der Waals surface area (Å²) in [5, 5.41) is 3.17. The molecule has 0 spiro atoms. The van der Waals surface area contributed by atoms with Gasteiger partial charge in [-0.2, -0.15) is 0 Å². The normalized spacial score (nSPS) is 17.1. The van der Waals surface area contributed by atoms with Crippen molar-refractivity contribution in [3.05, 3.63) is 64.2 Å². The highest BCUT2D eigenvalue weighted by atomic mass is 35.5. The lowest BCUT2D eigenvalue weighted by molar-refractivity contribution is 0.0549. The van der Waals surface area contributed by atoms with Gasteiger partial charge in [-0.3, -0.25) is 19.3 Å². The Morgan fingerprint density at radius 2 is 1.67 bits per heavy atom. The minimum atomic E-state index is -0.373. The van der Waals surface area contributed by atoms with E-state index in [1.54, 1.807) is 36.4 Å². The number of carbonyl (C=O) groups excluding carboxylic acids is 3. The Kier molecular flexibility index (Phi) is 4.70. The van der Waals surface area contributed by atoms with Crippen molar-refractivity contribution in [3.8, 4) is 0 Å². The fourth-order valence-electron chi connectivity index (χ4n) is 3.83. The summed E-state index contributed by atoms with van der Waals surface area (Å²) in [5.41, 5.74) is 1.49. The molecule has 1 aliphatic carbocycles.